The Morgan fingerprint density at radius 2 is 2.11 bits per heavy atom. The predicted octanol–water partition coefficient (Wildman–Crippen LogP) is 3.08. The molecule has 0 aliphatic heterocycles. The van der Waals surface area contributed by atoms with Crippen LogP contribution in [0.1, 0.15) is 28.5 Å². The van der Waals surface area contributed by atoms with Crippen molar-refractivity contribution >= 4 is 6.29 Å². The van der Waals surface area contributed by atoms with Crippen LogP contribution in [0.3, 0.4) is 0 Å². The Labute approximate surface area is 113 Å². The van der Waals surface area contributed by atoms with Gasteiger partial charge in [0.1, 0.15) is 12.0 Å². The zero-order valence-electron chi connectivity index (χ0n) is 11.0. The van der Waals surface area contributed by atoms with Crippen molar-refractivity contribution in [1.29, 1.82) is 0 Å². The van der Waals surface area contributed by atoms with Crippen LogP contribution < -0.4 is 4.74 Å². The maximum atomic E-state index is 10.8. The number of benzene rings is 1. The quantitative estimate of drug-likeness (QED) is 0.745. The Morgan fingerprint density at radius 1 is 1.21 bits per heavy atom. The van der Waals surface area contributed by atoms with E-state index in [9.17, 15) is 4.79 Å². The van der Waals surface area contributed by atoms with Gasteiger partial charge in [0.25, 0.3) is 0 Å². The molecule has 1 heterocycles. The van der Waals surface area contributed by atoms with Crippen LogP contribution in [-0.4, -0.2) is 17.9 Å². The molecule has 0 spiro atoms. The number of hydrogen-bond donors (Lipinski definition) is 0. The first-order valence-corrected chi connectivity index (χ1v) is 6.44. The Bertz CT molecular complexity index is 538. The zero-order valence-corrected chi connectivity index (χ0v) is 11.0. The molecule has 0 unspecified atom stereocenters. The second kappa shape index (κ2) is 6.69. The molecule has 0 bridgehead atoms. The van der Waals surface area contributed by atoms with Crippen LogP contribution in [0.2, 0.25) is 0 Å². The molecule has 0 saturated carbocycles. The van der Waals surface area contributed by atoms with Crippen molar-refractivity contribution in [2.45, 2.75) is 19.8 Å². The summed E-state index contributed by atoms with van der Waals surface area (Å²) >= 11 is 0. The third-order valence-electron chi connectivity index (χ3n) is 2.90. The first-order valence-electron chi connectivity index (χ1n) is 6.44. The van der Waals surface area contributed by atoms with E-state index in [1.807, 2.05) is 37.3 Å². The summed E-state index contributed by atoms with van der Waals surface area (Å²) in [6, 6.07) is 11.5. The van der Waals surface area contributed by atoms with Crippen molar-refractivity contribution in [3.8, 4) is 5.75 Å². The molecular weight excluding hydrogens is 238 g/mol. The number of carbonyl (C=O) groups is 1. The van der Waals surface area contributed by atoms with Crippen LogP contribution in [0.4, 0.5) is 0 Å². The fourth-order valence-corrected chi connectivity index (χ4v) is 1.95. The van der Waals surface area contributed by atoms with Gasteiger partial charge in [-0.15, -0.1) is 0 Å². The molecule has 1 aromatic carbocycles. The zero-order chi connectivity index (χ0) is 13.5. The molecule has 0 fully saturated rings. The Hall–Kier alpha value is -2.16. The van der Waals surface area contributed by atoms with E-state index in [-0.39, 0.29) is 0 Å². The van der Waals surface area contributed by atoms with E-state index in [1.165, 1.54) is 0 Å². The summed E-state index contributed by atoms with van der Waals surface area (Å²) in [5, 5.41) is 0. The fraction of sp³-hybridized carbons (Fsp3) is 0.250. The lowest BCUT2D eigenvalue weighted by Crippen LogP contribution is -2.00. The van der Waals surface area contributed by atoms with Crippen molar-refractivity contribution in [3.63, 3.8) is 0 Å². The fourth-order valence-electron chi connectivity index (χ4n) is 1.95. The highest BCUT2D eigenvalue weighted by molar-refractivity contribution is 5.75. The highest BCUT2D eigenvalue weighted by Crippen LogP contribution is 2.21. The molecule has 0 N–H and O–H groups in total. The van der Waals surface area contributed by atoms with E-state index in [4.69, 9.17) is 4.74 Å². The minimum Gasteiger partial charge on any atom is -0.494 e. The van der Waals surface area contributed by atoms with Gasteiger partial charge in [-0.1, -0.05) is 18.2 Å². The minimum atomic E-state index is 0.596. The van der Waals surface area contributed by atoms with Crippen molar-refractivity contribution in [3.05, 3.63) is 59.4 Å². The van der Waals surface area contributed by atoms with Crippen molar-refractivity contribution in [2.24, 2.45) is 0 Å². The van der Waals surface area contributed by atoms with Crippen LogP contribution in [0, 0.1) is 0 Å². The van der Waals surface area contributed by atoms with Gasteiger partial charge >= 0.3 is 0 Å². The molecular formula is C16H17NO2. The summed E-state index contributed by atoms with van der Waals surface area (Å²) in [4.78, 5) is 15.1. The van der Waals surface area contributed by atoms with Gasteiger partial charge in [-0.25, -0.2) is 0 Å². The van der Waals surface area contributed by atoms with Crippen LogP contribution in [0.5, 0.6) is 5.75 Å². The van der Waals surface area contributed by atoms with Gasteiger partial charge in [0.15, 0.2) is 0 Å². The molecule has 2 aromatic rings. The molecule has 19 heavy (non-hydrogen) atoms. The molecule has 3 nitrogen and oxygen atoms in total. The molecule has 0 amide bonds. The number of pyridine rings is 1. The summed E-state index contributed by atoms with van der Waals surface area (Å²) in [7, 11) is 0. The van der Waals surface area contributed by atoms with Gasteiger partial charge in [0, 0.05) is 17.5 Å². The highest BCUT2D eigenvalue weighted by Gasteiger charge is 2.05. The maximum Gasteiger partial charge on any atom is 0.150 e. The normalized spacial score (nSPS) is 10.2. The van der Waals surface area contributed by atoms with E-state index < -0.39 is 0 Å². The first kappa shape index (κ1) is 13.3. The van der Waals surface area contributed by atoms with Crippen molar-refractivity contribution in [1.82, 2.24) is 4.98 Å². The van der Waals surface area contributed by atoms with Gasteiger partial charge < -0.3 is 4.74 Å². The van der Waals surface area contributed by atoms with Gasteiger partial charge in [0.05, 0.1) is 6.61 Å². The number of nitrogens with zero attached hydrogens (tertiary/aromatic N) is 1. The average molecular weight is 255 g/mol. The first-order chi connectivity index (χ1) is 9.33. The Balaban J connectivity index is 2.12. The van der Waals surface area contributed by atoms with Crippen molar-refractivity contribution < 1.29 is 9.53 Å². The molecule has 1 aromatic heterocycles. The smallest absolute Gasteiger partial charge is 0.150 e. The van der Waals surface area contributed by atoms with Crippen molar-refractivity contribution in [2.75, 3.05) is 6.61 Å². The maximum absolute atomic E-state index is 10.8. The third-order valence-corrected chi connectivity index (χ3v) is 2.90. The number of aryl methyl sites for hydroxylation is 2. The van der Waals surface area contributed by atoms with Gasteiger partial charge in [0.2, 0.25) is 0 Å². The Kier molecular flexibility index (Phi) is 4.67. The number of carbonyl (C=O) groups excluding carboxylic acids is 1. The van der Waals surface area contributed by atoms with Gasteiger partial charge in [-0.2, -0.15) is 0 Å². The number of aldehydes is 1. The minimum absolute atomic E-state index is 0.596. The Morgan fingerprint density at radius 3 is 2.79 bits per heavy atom. The van der Waals surface area contributed by atoms with Crippen LogP contribution in [0.25, 0.3) is 0 Å². The summed E-state index contributed by atoms with van der Waals surface area (Å²) in [6.45, 7) is 2.54. The third kappa shape index (κ3) is 3.65. The van der Waals surface area contributed by atoms with Crippen LogP contribution >= 0.6 is 0 Å². The SMILES string of the molecule is CCOc1cc(C=O)ccc1CCc1ccccn1. The molecule has 0 aliphatic rings. The standard InChI is InChI=1S/C16H17NO2/c1-2-19-16-11-13(12-18)6-7-14(16)8-9-15-5-3-4-10-17-15/h3-7,10-12H,2,8-9H2,1H3. The highest BCUT2D eigenvalue weighted by atomic mass is 16.5. The van der Waals surface area contributed by atoms with Crippen LogP contribution in [-0.2, 0) is 12.8 Å². The van der Waals surface area contributed by atoms with E-state index in [0.717, 1.165) is 36.1 Å². The van der Waals surface area contributed by atoms with E-state index in [2.05, 4.69) is 4.98 Å². The second-order valence-electron chi connectivity index (χ2n) is 4.24. The van der Waals surface area contributed by atoms with E-state index in [0.29, 0.717) is 12.2 Å². The molecule has 0 saturated heterocycles. The lowest BCUT2D eigenvalue weighted by Gasteiger charge is -2.10. The largest absolute Gasteiger partial charge is 0.494 e. The summed E-state index contributed by atoms with van der Waals surface area (Å²) in [6.07, 6.45) is 4.35. The number of rotatable bonds is 6. The lowest BCUT2D eigenvalue weighted by molar-refractivity contribution is 0.112. The number of ether oxygens (including phenoxy) is 1. The summed E-state index contributed by atoms with van der Waals surface area (Å²) in [5.41, 5.74) is 2.81. The van der Waals surface area contributed by atoms with Gasteiger partial charge in [-0.05, 0) is 43.5 Å². The van der Waals surface area contributed by atoms with E-state index in [1.54, 1.807) is 12.3 Å². The molecule has 0 aliphatic carbocycles. The molecule has 0 radical (unpaired) electrons. The second-order valence-corrected chi connectivity index (χ2v) is 4.24. The topological polar surface area (TPSA) is 39.2 Å². The monoisotopic (exact) mass is 255 g/mol. The number of aromatic nitrogens is 1. The molecule has 3 heteroatoms. The molecule has 2 rings (SSSR count). The molecule has 0 atom stereocenters. The lowest BCUT2D eigenvalue weighted by atomic mass is 10.0. The predicted molar refractivity (Wildman–Crippen MR) is 74.6 cm³/mol. The van der Waals surface area contributed by atoms with Gasteiger partial charge in [-0.3, -0.25) is 9.78 Å². The van der Waals surface area contributed by atoms with Crippen LogP contribution in [0.15, 0.2) is 42.6 Å². The van der Waals surface area contributed by atoms with E-state index >= 15 is 0 Å². The molecule has 98 valence electrons. The average Bonchev–Trinajstić information content (AvgIpc) is 2.47. The number of hydrogen-bond acceptors (Lipinski definition) is 3. The summed E-state index contributed by atoms with van der Waals surface area (Å²) in [5.74, 6) is 0.794. The summed E-state index contributed by atoms with van der Waals surface area (Å²) < 4.78 is 5.59.